The third-order valence-corrected chi connectivity index (χ3v) is 6.27. The highest BCUT2D eigenvalue weighted by molar-refractivity contribution is 9.10. The van der Waals surface area contributed by atoms with Crippen LogP contribution in [0.15, 0.2) is 81.5 Å². The summed E-state index contributed by atoms with van der Waals surface area (Å²) in [5.41, 5.74) is 7.32. The minimum absolute atomic E-state index is 0.0883. The lowest BCUT2D eigenvalue weighted by atomic mass is 10.1. The van der Waals surface area contributed by atoms with Gasteiger partial charge in [0, 0.05) is 10.0 Å². The number of imidazole rings is 1. The largest absolute Gasteiger partial charge is 0.507 e. The Hall–Kier alpha value is -3.10. The monoisotopic (exact) mass is 508 g/mol. The van der Waals surface area contributed by atoms with Crippen molar-refractivity contribution in [2.75, 3.05) is 5.75 Å². The molecule has 1 amide bonds. The Morgan fingerprint density at radius 1 is 1.19 bits per heavy atom. The van der Waals surface area contributed by atoms with Gasteiger partial charge in [-0.25, -0.2) is 10.4 Å². The van der Waals surface area contributed by atoms with Crippen LogP contribution in [0.25, 0.3) is 11.0 Å². The maximum Gasteiger partial charge on any atom is 0.250 e. The minimum Gasteiger partial charge on any atom is -0.507 e. The molecule has 0 bridgehead atoms. The molecule has 0 aliphatic rings. The van der Waals surface area contributed by atoms with E-state index in [2.05, 4.69) is 62.2 Å². The number of rotatable bonds is 7. The van der Waals surface area contributed by atoms with E-state index in [0.717, 1.165) is 20.7 Å². The summed E-state index contributed by atoms with van der Waals surface area (Å²) >= 11 is 4.71. The molecule has 0 saturated heterocycles. The normalized spacial score (nSPS) is 11.3. The summed E-state index contributed by atoms with van der Waals surface area (Å²) in [4.78, 5) is 17.0. The van der Waals surface area contributed by atoms with Crippen molar-refractivity contribution < 1.29 is 9.90 Å². The number of benzene rings is 3. The number of phenolic OH excluding ortho intramolecular Hbond substituents is 1. The zero-order valence-corrected chi connectivity index (χ0v) is 19.7. The first-order chi connectivity index (χ1) is 15.5. The van der Waals surface area contributed by atoms with Crippen molar-refractivity contribution in [1.29, 1.82) is 0 Å². The first-order valence-corrected chi connectivity index (χ1v) is 11.7. The number of carbonyl (C=O) groups excluding carboxylic acids is 1. The van der Waals surface area contributed by atoms with Crippen LogP contribution in [0.5, 0.6) is 5.75 Å². The van der Waals surface area contributed by atoms with Gasteiger partial charge in [-0.05, 0) is 42.8 Å². The molecule has 0 aliphatic heterocycles. The molecule has 0 atom stereocenters. The van der Waals surface area contributed by atoms with E-state index < -0.39 is 0 Å². The van der Waals surface area contributed by atoms with Crippen molar-refractivity contribution in [3.05, 3.63) is 87.9 Å². The first-order valence-electron chi connectivity index (χ1n) is 9.93. The van der Waals surface area contributed by atoms with E-state index in [4.69, 9.17) is 4.98 Å². The predicted octanol–water partition coefficient (Wildman–Crippen LogP) is 5.10. The van der Waals surface area contributed by atoms with E-state index in [1.807, 2.05) is 24.3 Å². The van der Waals surface area contributed by atoms with E-state index in [9.17, 15) is 9.90 Å². The second-order valence-electron chi connectivity index (χ2n) is 7.24. The Balaban J connectivity index is 1.45. The van der Waals surface area contributed by atoms with Gasteiger partial charge in [-0.2, -0.15) is 5.10 Å². The van der Waals surface area contributed by atoms with Crippen LogP contribution < -0.4 is 5.43 Å². The minimum atomic E-state index is -0.255. The second kappa shape index (κ2) is 10.0. The molecule has 1 aromatic heterocycles. The number of hydrazone groups is 1. The first kappa shape index (κ1) is 22.1. The Kier molecular flexibility index (Phi) is 6.92. The van der Waals surface area contributed by atoms with Gasteiger partial charge < -0.3 is 9.67 Å². The van der Waals surface area contributed by atoms with Crippen LogP contribution in [0, 0.1) is 6.92 Å². The molecule has 0 radical (unpaired) electrons. The number of fused-ring (bicyclic) bond motifs is 1. The SMILES string of the molecule is Cc1ccc(Cn2c(SCC(=O)N/N=C\c3cc(Br)ccc3O)nc3ccccc32)cc1. The van der Waals surface area contributed by atoms with Crippen molar-refractivity contribution in [3.8, 4) is 5.75 Å². The third kappa shape index (κ3) is 5.38. The predicted molar refractivity (Wildman–Crippen MR) is 132 cm³/mol. The van der Waals surface area contributed by atoms with Crippen LogP contribution in [0.3, 0.4) is 0 Å². The lowest BCUT2D eigenvalue weighted by Crippen LogP contribution is -2.20. The summed E-state index contributed by atoms with van der Waals surface area (Å²) in [5.74, 6) is -0.000896. The zero-order chi connectivity index (χ0) is 22.5. The number of nitrogens with one attached hydrogen (secondary N) is 1. The van der Waals surface area contributed by atoms with Crippen LogP contribution in [0.1, 0.15) is 16.7 Å². The average Bonchev–Trinajstić information content (AvgIpc) is 3.13. The van der Waals surface area contributed by atoms with Gasteiger partial charge >= 0.3 is 0 Å². The number of carbonyl (C=O) groups is 1. The van der Waals surface area contributed by atoms with Gasteiger partial charge in [-0.3, -0.25) is 4.79 Å². The van der Waals surface area contributed by atoms with Gasteiger partial charge in [0.15, 0.2) is 5.16 Å². The molecule has 162 valence electrons. The second-order valence-corrected chi connectivity index (χ2v) is 9.10. The van der Waals surface area contributed by atoms with Gasteiger partial charge in [-0.1, -0.05) is 69.7 Å². The summed E-state index contributed by atoms with van der Waals surface area (Å²) in [5, 5.41) is 14.6. The highest BCUT2D eigenvalue weighted by Crippen LogP contribution is 2.25. The maximum absolute atomic E-state index is 12.3. The summed E-state index contributed by atoms with van der Waals surface area (Å²) in [6.07, 6.45) is 1.41. The molecule has 32 heavy (non-hydrogen) atoms. The van der Waals surface area contributed by atoms with Crippen LogP contribution in [-0.4, -0.2) is 32.5 Å². The number of halogens is 1. The smallest absolute Gasteiger partial charge is 0.250 e. The van der Waals surface area contributed by atoms with Crippen LogP contribution in [0.2, 0.25) is 0 Å². The summed E-state index contributed by atoms with van der Waals surface area (Å²) in [6, 6.07) is 21.4. The molecular formula is C24H21BrN4O2S. The van der Waals surface area contributed by atoms with Gasteiger partial charge in [0.05, 0.1) is 29.5 Å². The van der Waals surface area contributed by atoms with Crippen molar-refractivity contribution in [1.82, 2.24) is 15.0 Å². The molecule has 0 aliphatic carbocycles. The van der Waals surface area contributed by atoms with E-state index in [-0.39, 0.29) is 17.4 Å². The number of phenols is 1. The van der Waals surface area contributed by atoms with Crippen molar-refractivity contribution in [3.63, 3.8) is 0 Å². The standard InChI is InChI=1S/C24H21BrN4O2S/c1-16-6-8-17(9-7-16)14-29-21-5-3-2-4-20(21)27-24(29)32-15-23(31)28-26-13-18-12-19(25)10-11-22(18)30/h2-13,30H,14-15H2,1H3,(H,28,31)/b26-13-. The number of aryl methyl sites for hydroxylation is 1. The molecule has 4 rings (SSSR count). The molecule has 3 aromatic carbocycles. The molecule has 1 heterocycles. The van der Waals surface area contributed by atoms with Crippen LogP contribution in [-0.2, 0) is 11.3 Å². The highest BCUT2D eigenvalue weighted by atomic mass is 79.9. The Labute approximate surface area is 198 Å². The number of nitrogens with zero attached hydrogens (tertiary/aromatic N) is 3. The summed E-state index contributed by atoms with van der Waals surface area (Å²) < 4.78 is 2.94. The Bertz CT molecular complexity index is 1290. The van der Waals surface area contributed by atoms with Gasteiger partial charge in [-0.15, -0.1) is 0 Å². The fourth-order valence-corrected chi connectivity index (χ4v) is 4.34. The fraction of sp³-hybridized carbons (Fsp3) is 0.125. The third-order valence-electron chi connectivity index (χ3n) is 4.80. The summed E-state index contributed by atoms with van der Waals surface area (Å²) in [7, 11) is 0. The average molecular weight is 509 g/mol. The van der Waals surface area contributed by atoms with Crippen molar-refractivity contribution in [2.45, 2.75) is 18.6 Å². The number of aromatic hydroxyl groups is 1. The van der Waals surface area contributed by atoms with Crippen molar-refractivity contribution in [2.24, 2.45) is 5.10 Å². The molecule has 0 unspecified atom stereocenters. The molecular weight excluding hydrogens is 488 g/mol. The van der Waals surface area contributed by atoms with Crippen molar-refractivity contribution >= 4 is 50.8 Å². The van der Waals surface area contributed by atoms with Crippen LogP contribution in [0.4, 0.5) is 0 Å². The fourth-order valence-electron chi connectivity index (χ4n) is 3.16. The molecule has 6 nitrogen and oxygen atoms in total. The maximum atomic E-state index is 12.3. The topological polar surface area (TPSA) is 79.5 Å². The lowest BCUT2D eigenvalue weighted by molar-refractivity contribution is -0.118. The van der Waals surface area contributed by atoms with Crippen LogP contribution >= 0.6 is 27.7 Å². The number of aromatic nitrogens is 2. The number of para-hydroxylation sites is 2. The molecule has 0 spiro atoms. The number of thioether (sulfide) groups is 1. The van der Waals surface area contributed by atoms with E-state index >= 15 is 0 Å². The van der Waals surface area contributed by atoms with E-state index in [1.54, 1.807) is 18.2 Å². The molecule has 8 heteroatoms. The lowest BCUT2D eigenvalue weighted by Gasteiger charge is -2.09. The number of hydrogen-bond donors (Lipinski definition) is 2. The number of amides is 1. The zero-order valence-electron chi connectivity index (χ0n) is 17.3. The quantitative estimate of drug-likeness (QED) is 0.206. The molecule has 2 N–H and O–H groups in total. The molecule has 0 fully saturated rings. The Morgan fingerprint density at radius 2 is 1.97 bits per heavy atom. The van der Waals surface area contributed by atoms with E-state index in [1.165, 1.54) is 29.1 Å². The molecule has 4 aromatic rings. The van der Waals surface area contributed by atoms with E-state index in [0.29, 0.717) is 12.1 Å². The number of hydrogen-bond acceptors (Lipinski definition) is 5. The van der Waals surface area contributed by atoms with Gasteiger partial charge in [0.2, 0.25) is 0 Å². The summed E-state index contributed by atoms with van der Waals surface area (Å²) in [6.45, 7) is 2.74. The van der Waals surface area contributed by atoms with Gasteiger partial charge in [0.25, 0.3) is 5.91 Å². The van der Waals surface area contributed by atoms with Gasteiger partial charge in [0.1, 0.15) is 5.75 Å². The highest BCUT2D eigenvalue weighted by Gasteiger charge is 2.13. The molecule has 0 saturated carbocycles. The Morgan fingerprint density at radius 3 is 2.78 bits per heavy atom.